The van der Waals surface area contributed by atoms with Crippen LogP contribution in [0.3, 0.4) is 0 Å². The zero-order valence-corrected chi connectivity index (χ0v) is 11.4. The fraction of sp³-hybridized carbons (Fsp3) is 0.615. The first-order valence-electron chi connectivity index (χ1n) is 6.09. The van der Waals surface area contributed by atoms with E-state index in [2.05, 4.69) is 47.3 Å². The number of aromatic nitrogens is 1. The first-order valence-corrected chi connectivity index (χ1v) is 6.09. The van der Waals surface area contributed by atoms with E-state index in [4.69, 9.17) is 0 Å². The van der Waals surface area contributed by atoms with Gasteiger partial charge in [0.1, 0.15) is 5.82 Å². The lowest BCUT2D eigenvalue weighted by atomic mass is 10.3. The third-order valence-corrected chi connectivity index (χ3v) is 2.64. The van der Waals surface area contributed by atoms with Crippen LogP contribution in [-0.4, -0.2) is 56.1 Å². The van der Waals surface area contributed by atoms with Crippen molar-refractivity contribution in [3.8, 4) is 0 Å². The van der Waals surface area contributed by atoms with Gasteiger partial charge in [0.2, 0.25) is 0 Å². The number of rotatable bonds is 7. The molecule has 1 aromatic heterocycles. The van der Waals surface area contributed by atoms with E-state index >= 15 is 0 Å². The quantitative estimate of drug-likeness (QED) is 0.777. The van der Waals surface area contributed by atoms with Gasteiger partial charge < -0.3 is 15.1 Å². The first kappa shape index (κ1) is 13.9. The molecule has 96 valence electrons. The molecular weight excluding hydrogens is 212 g/mol. The molecule has 0 aromatic carbocycles. The van der Waals surface area contributed by atoms with Crippen molar-refractivity contribution in [3.63, 3.8) is 0 Å². The highest BCUT2D eigenvalue weighted by Gasteiger charge is 2.02. The summed E-state index contributed by atoms with van der Waals surface area (Å²) in [5.41, 5.74) is 1.12. The van der Waals surface area contributed by atoms with Gasteiger partial charge in [-0.3, -0.25) is 0 Å². The van der Waals surface area contributed by atoms with Gasteiger partial charge in [0, 0.05) is 13.6 Å². The summed E-state index contributed by atoms with van der Waals surface area (Å²) >= 11 is 0. The molecule has 1 heterocycles. The molecule has 0 aliphatic carbocycles. The number of anilines is 1. The Labute approximate surface area is 105 Å². The molecule has 0 aliphatic rings. The van der Waals surface area contributed by atoms with Crippen molar-refractivity contribution in [2.75, 3.05) is 46.6 Å². The average Bonchev–Trinajstić information content (AvgIpc) is 2.28. The molecule has 4 heteroatoms. The molecular formula is C13H24N4. The van der Waals surface area contributed by atoms with Gasteiger partial charge in [-0.25, -0.2) is 4.98 Å². The Morgan fingerprint density at radius 2 is 1.94 bits per heavy atom. The minimum Gasteiger partial charge on any atom is -0.373 e. The van der Waals surface area contributed by atoms with E-state index in [0.717, 1.165) is 31.1 Å². The third-order valence-electron chi connectivity index (χ3n) is 2.64. The van der Waals surface area contributed by atoms with Crippen molar-refractivity contribution in [3.05, 3.63) is 23.9 Å². The predicted octanol–water partition coefficient (Wildman–Crippen LogP) is 1.51. The van der Waals surface area contributed by atoms with E-state index in [1.54, 1.807) is 0 Å². The summed E-state index contributed by atoms with van der Waals surface area (Å²) in [6.45, 7) is 3.14. The highest BCUT2D eigenvalue weighted by Crippen LogP contribution is 2.06. The minimum atomic E-state index is 0.906. The van der Waals surface area contributed by atoms with Crippen LogP contribution in [0.1, 0.15) is 12.1 Å². The van der Waals surface area contributed by atoms with Gasteiger partial charge in [0.25, 0.3) is 0 Å². The number of hydrogen-bond donors (Lipinski definition) is 1. The Hall–Kier alpha value is -1.13. The van der Waals surface area contributed by atoms with Crippen molar-refractivity contribution in [1.29, 1.82) is 0 Å². The van der Waals surface area contributed by atoms with Crippen LogP contribution in [0.5, 0.6) is 0 Å². The maximum absolute atomic E-state index is 4.51. The van der Waals surface area contributed by atoms with Crippen molar-refractivity contribution in [2.24, 2.45) is 0 Å². The number of nitrogens with zero attached hydrogens (tertiary/aromatic N) is 3. The second kappa shape index (κ2) is 7.25. The zero-order chi connectivity index (χ0) is 12.7. The van der Waals surface area contributed by atoms with Gasteiger partial charge in [-0.05, 0) is 52.8 Å². The largest absolute Gasteiger partial charge is 0.373 e. The molecule has 0 saturated heterocycles. The third kappa shape index (κ3) is 5.65. The number of hydrogen-bond acceptors (Lipinski definition) is 4. The van der Waals surface area contributed by atoms with E-state index in [-0.39, 0.29) is 0 Å². The summed E-state index contributed by atoms with van der Waals surface area (Å²) in [6.07, 6.45) is 1.19. The molecule has 0 amide bonds. The second-order valence-electron chi connectivity index (χ2n) is 4.66. The molecule has 4 nitrogen and oxygen atoms in total. The molecule has 0 atom stereocenters. The van der Waals surface area contributed by atoms with Crippen LogP contribution in [0.15, 0.2) is 18.2 Å². The molecule has 0 radical (unpaired) electrons. The minimum absolute atomic E-state index is 0.906. The molecule has 17 heavy (non-hydrogen) atoms. The normalized spacial score (nSPS) is 11.2. The average molecular weight is 236 g/mol. The van der Waals surface area contributed by atoms with Gasteiger partial charge in [-0.1, -0.05) is 6.07 Å². The predicted molar refractivity (Wildman–Crippen MR) is 73.3 cm³/mol. The molecule has 0 fully saturated rings. The Balaban J connectivity index is 2.36. The van der Waals surface area contributed by atoms with Gasteiger partial charge in [-0.2, -0.15) is 0 Å². The molecule has 1 aromatic rings. The van der Waals surface area contributed by atoms with Gasteiger partial charge >= 0.3 is 0 Å². The van der Waals surface area contributed by atoms with Gasteiger partial charge in [-0.15, -0.1) is 0 Å². The van der Waals surface area contributed by atoms with Crippen LogP contribution >= 0.6 is 0 Å². The zero-order valence-electron chi connectivity index (χ0n) is 11.4. The summed E-state index contributed by atoms with van der Waals surface area (Å²) in [4.78, 5) is 9.04. The van der Waals surface area contributed by atoms with Crippen LogP contribution in [0.4, 0.5) is 5.82 Å². The standard InChI is InChI=1S/C13H24N4/c1-14-13-8-5-7-12(15-13)11-17(4)10-6-9-16(2)3/h5,7-8H,6,9-11H2,1-4H3,(H,14,15). The van der Waals surface area contributed by atoms with Crippen LogP contribution in [0.2, 0.25) is 0 Å². The van der Waals surface area contributed by atoms with Crippen LogP contribution in [0, 0.1) is 0 Å². The fourth-order valence-corrected chi connectivity index (χ4v) is 1.72. The van der Waals surface area contributed by atoms with Crippen molar-refractivity contribution >= 4 is 5.82 Å². The summed E-state index contributed by atoms with van der Waals surface area (Å²) in [5, 5.41) is 3.06. The first-order chi connectivity index (χ1) is 8.11. The second-order valence-corrected chi connectivity index (χ2v) is 4.66. The topological polar surface area (TPSA) is 31.4 Å². The van der Waals surface area contributed by atoms with Crippen molar-refractivity contribution in [2.45, 2.75) is 13.0 Å². The maximum atomic E-state index is 4.51. The number of nitrogens with one attached hydrogen (secondary N) is 1. The Morgan fingerprint density at radius 3 is 2.59 bits per heavy atom. The molecule has 0 saturated carbocycles. The highest BCUT2D eigenvalue weighted by molar-refractivity contribution is 5.34. The van der Waals surface area contributed by atoms with Gasteiger partial charge in [0.05, 0.1) is 5.69 Å². The summed E-state index contributed by atoms with van der Waals surface area (Å²) in [6, 6.07) is 6.10. The Morgan fingerprint density at radius 1 is 1.18 bits per heavy atom. The van der Waals surface area contributed by atoms with Crippen molar-refractivity contribution < 1.29 is 0 Å². The van der Waals surface area contributed by atoms with Crippen LogP contribution in [0.25, 0.3) is 0 Å². The van der Waals surface area contributed by atoms with Crippen LogP contribution < -0.4 is 5.32 Å². The van der Waals surface area contributed by atoms with Crippen LogP contribution in [-0.2, 0) is 6.54 Å². The lowest BCUT2D eigenvalue weighted by Crippen LogP contribution is -2.23. The molecule has 0 unspecified atom stereocenters. The SMILES string of the molecule is CNc1cccc(CN(C)CCCN(C)C)n1. The number of pyridine rings is 1. The van der Waals surface area contributed by atoms with E-state index < -0.39 is 0 Å². The van der Waals surface area contributed by atoms with Crippen molar-refractivity contribution in [1.82, 2.24) is 14.8 Å². The van der Waals surface area contributed by atoms with E-state index in [9.17, 15) is 0 Å². The lowest BCUT2D eigenvalue weighted by molar-refractivity contribution is 0.292. The monoisotopic (exact) mass is 236 g/mol. The highest BCUT2D eigenvalue weighted by atomic mass is 15.1. The van der Waals surface area contributed by atoms with E-state index in [0.29, 0.717) is 0 Å². The maximum Gasteiger partial charge on any atom is 0.126 e. The van der Waals surface area contributed by atoms with E-state index in [1.165, 1.54) is 6.42 Å². The molecule has 0 bridgehead atoms. The summed E-state index contributed by atoms with van der Waals surface area (Å²) in [5.74, 6) is 0.934. The molecule has 0 spiro atoms. The Bertz CT molecular complexity index is 325. The fourth-order valence-electron chi connectivity index (χ4n) is 1.72. The van der Waals surface area contributed by atoms with E-state index in [1.807, 2.05) is 19.2 Å². The molecule has 0 aliphatic heterocycles. The smallest absolute Gasteiger partial charge is 0.126 e. The summed E-state index contributed by atoms with van der Waals surface area (Å²) in [7, 11) is 8.26. The Kier molecular flexibility index (Phi) is 5.94. The molecule has 1 rings (SSSR count). The lowest BCUT2D eigenvalue weighted by Gasteiger charge is -2.17. The van der Waals surface area contributed by atoms with Gasteiger partial charge in [0.15, 0.2) is 0 Å². The molecule has 1 N–H and O–H groups in total. The summed E-state index contributed by atoms with van der Waals surface area (Å²) < 4.78 is 0.